The lowest BCUT2D eigenvalue weighted by molar-refractivity contribution is 0.0865. The maximum Gasteiger partial charge on any atom is 0.409 e. The van der Waals surface area contributed by atoms with E-state index in [0.717, 1.165) is 51.6 Å². The van der Waals surface area contributed by atoms with Crippen LogP contribution in [0.4, 0.5) is 9.59 Å². The molecule has 138 valence electrons. The van der Waals surface area contributed by atoms with Crippen LogP contribution in [0.2, 0.25) is 0 Å². The van der Waals surface area contributed by atoms with E-state index >= 15 is 0 Å². The van der Waals surface area contributed by atoms with E-state index in [1.807, 2.05) is 9.80 Å². The number of nitrogens with one attached hydrogen (secondary N) is 1. The number of nitrogens with zero attached hydrogens (tertiary/aromatic N) is 2. The van der Waals surface area contributed by atoms with Crippen LogP contribution in [-0.2, 0) is 4.74 Å². The molecule has 6 nitrogen and oxygen atoms in total. The fraction of sp³-hybridized carbons (Fsp3) is 0.889. The van der Waals surface area contributed by atoms with Gasteiger partial charge in [0.2, 0.25) is 0 Å². The summed E-state index contributed by atoms with van der Waals surface area (Å²) in [5, 5.41) is 3.07. The number of carbonyl (C=O) groups is 2. The fourth-order valence-electron chi connectivity index (χ4n) is 4.01. The zero-order chi connectivity index (χ0) is 17.5. The lowest BCUT2D eigenvalue weighted by Crippen LogP contribution is -2.51. The fourth-order valence-corrected chi connectivity index (χ4v) is 4.01. The second kappa shape index (κ2) is 9.14. The smallest absolute Gasteiger partial charge is 0.409 e. The Morgan fingerprint density at radius 1 is 1.08 bits per heavy atom. The van der Waals surface area contributed by atoms with Gasteiger partial charge in [0.15, 0.2) is 0 Å². The van der Waals surface area contributed by atoms with Crippen molar-refractivity contribution in [2.75, 3.05) is 26.7 Å². The van der Waals surface area contributed by atoms with Gasteiger partial charge in [-0.3, -0.25) is 0 Å². The predicted octanol–water partition coefficient (Wildman–Crippen LogP) is 3.22. The summed E-state index contributed by atoms with van der Waals surface area (Å²) >= 11 is 0. The Bertz CT molecular complexity index is 428. The topological polar surface area (TPSA) is 61.9 Å². The van der Waals surface area contributed by atoms with Crippen LogP contribution in [0.5, 0.6) is 0 Å². The second-order valence-electron chi connectivity index (χ2n) is 7.33. The molecule has 0 aromatic heterocycles. The van der Waals surface area contributed by atoms with Crippen LogP contribution < -0.4 is 5.32 Å². The molecule has 2 aliphatic rings. The summed E-state index contributed by atoms with van der Waals surface area (Å²) in [7, 11) is 1.43. The van der Waals surface area contributed by atoms with Crippen molar-refractivity contribution in [2.24, 2.45) is 5.92 Å². The molecule has 2 aliphatic heterocycles. The van der Waals surface area contributed by atoms with Crippen LogP contribution in [-0.4, -0.2) is 60.8 Å². The Hall–Kier alpha value is -1.46. The molecule has 2 unspecified atom stereocenters. The minimum Gasteiger partial charge on any atom is -0.453 e. The summed E-state index contributed by atoms with van der Waals surface area (Å²) in [6.45, 7) is 6.59. The van der Waals surface area contributed by atoms with Crippen LogP contribution in [0, 0.1) is 5.92 Å². The van der Waals surface area contributed by atoms with E-state index in [2.05, 4.69) is 19.2 Å². The number of hydrogen-bond donors (Lipinski definition) is 1. The van der Waals surface area contributed by atoms with Crippen molar-refractivity contribution in [3.05, 3.63) is 0 Å². The molecule has 0 aromatic rings. The Balaban J connectivity index is 1.81. The van der Waals surface area contributed by atoms with Gasteiger partial charge >= 0.3 is 12.1 Å². The minimum absolute atomic E-state index is 0.0498. The van der Waals surface area contributed by atoms with Crippen molar-refractivity contribution >= 4 is 12.1 Å². The van der Waals surface area contributed by atoms with Gasteiger partial charge in [-0.15, -0.1) is 0 Å². The number of ether oxygens (including phenoxy) is 1. The molecule has 0 bridgehead atoms. The number of hydrogen-bond acceptors (Lipinski definition) is 3. The average molecular weight is 339 g/mol. The molecular formula is C18H33N3O3. The molecule has 2 saturated heterocycles. The number of likely N-dealkylation sites (tertiary alicyclic amines) is 2. The van der Waals surface area contributed by atoms with Gasteiger partial charge in [0.1, 0.15) is 0 Å². The number of methoxy groups -OCH3 is 1. The first-order chi connectivity index (χ1) is 11.5. The molecule has 3 amide bonds. The molecule has 2 fully saturated rings. The Kier molecular flexibility index (Phi) is 7.18. The number of piperidine rings is 2. The van der Waals surface area contributed by atoms with Crippen molar-refractivity contribution in [2.45, 2.75) is 70.9 Å². The molecule has 24 heavy (non-hydrogen) atoms. The summed E-state index contributed by atoms with van der Waals surface area (Å²) in [6, 6.07) is 0.572. The van der Waals surface area contributed by atoms with Gasteiger partial charge < -0.3 is 19.9 Å². The van der Waals surface area contributed by atoms with Crippen molar-refractivity contribution in [1.29, 1.82) is 0 Å². The van der Waals surface area contributed by atoms with Crippen molar-refractivity contribution in [1.82, 2.24) is 15.1 Å². The maximum absolute atomic E-state index is 12.5. The first-order valence-corrected chi connectivity index (χ1v) is 9.43. The first kappa shape index (κ1) is 18.9. The van der Waals surface area contributed by atoms with Crippen LogP contribution >= 0.6 is 0 Å². The molecule has 0 aromatic carbocycles. The van der Waals surface area contributed by atoms with Gasteiger partial charge in [-0.05, 0) is 50.9 Å². The summed E-state index contributed by atoms with van der Waals surface area (Å²) in [4.78, 5) is 28.2. The van der Waals surface area contributed by atoms with Gasteiger partial charge in [-0.1, -0.05) is 13.8 Å². The van der Waals surface area contributed by atoms with E-state index in [-0.39, 0.29) is 18.2 Å². The van der Waals surface area contributed by atoms with Gasteiger partial charge in [0, 0.05) is 31.7 Å². The zero-order valence-corrected chi connectivity index (χ0v) is 15.4. The highest BCUT2D eigenvalue weighted by atomic mass is 16.5. The van der Waals surface area contributed by atoms with Gasteiger partial charge in [0.25, 0.3) is 0 Å². The molecule has 0 radical (unpaired) electrons. The largest absolute Gasteiger partial charge is 0.453 e. The van der Waals surface area contributed by atoms with Crippen LogP contribution in [0.3, 0.4) is 0 Å². The second-order valence-corrected chi connectivity index (χ2v) is 7.33. The lowest BCUT2D eigenvalue weighted by Gasteiger charge is -2.38. The molecule has 0 aliphatic carbocycles. The molecular weight excluding hydrogens is 306 g/mol. The van der Waals surface area contributed by atoms with E-state index in [9.17, 15) is 9.59 Å². The van der Waals surface area contributed by atoms with E-state index in [1.54, 1.807) is 0 Å². The summed E-state index contributed by atoms with van der Waals surface area (Å²) in [5.74, 6) is 0.490. The standard InChI is InChI=1S/C18H33N3O3/c1-14(2)16-9-5-7-13-21(16)17(22)19-11-10-15-8-4-6-12-20(15)18(23)24-3/h14-16H,4-13H2,1-3H3,(H,19,22). The Morgan fingerprint density at radius 2 is 1.75 bits per heavy atom. The lowest BCUT2D eigenvalue weighted by atomic mass is 9.93. The van der Waals surface area contributed by atoms with E-state index in [4.69, 9.17) is 4.74 Å². The number of amides is 3. The first-order valence-electron chi connectivity index (χ1n) is 9.43. The van der Waals surface area contributed by atoms with Crippen LogP contribution in [0.25, 0.3) is 0 Å². The summed E-state index contributed by atoms with van der Waals surface area (Å²) in [6.07, 6.45) is 7.10. The monoisotopic (exact) mass is 339 g/mol. The quantitative estimate of drug-likeness (QED) is 0.855. The predicted molar refractivity (Wildman–Crippen MR) is 93.9 cm³/mol. The highest BCUT2D eigenvalue weighted by Crippen LogP contribution is 2.23. The number of carbonyl (C=O) groups excluding carboxylic acids is 2. The van der Waals surface area contributed by atoms with Crippen molar-refractivity contribution < 1.29 is 14.3 Å². The normalized spacial score (nSPS) is 24.8. The average Bonchev–Trinajstić information content (AvgIpc) is 2.61. The molecule has 2 heterocycles. The van der Waals surface area contributed by atoms with Crippen molar-refractivity contribution in [3.63, 3.8) is 0 Å². The molecule has 0 spiro atoms. The van der Waals surface area contributed by atoms with Gasteiger partial charge in [-0.25, -0.2) is 9.59 Å². The summed E-state index contributed by atoms with van der Waals surface area (Å²) in [5.41, 5.74) is 0. The van der Waals surface area contributed by atoms with E-state index in [0.29, 0.717) is 18.5 Å². The minimum atomic E-state index is -0.248. The maximum atomic E-state index is 12.5. The highest BCUT2D eigenvalue weighted by Gasteiger charge is 2.30. The van der Waals surface area contributed by atoms with Gasteiger partial charge in [-0.2, -0.15) is 0 Å². The molecule has 6 heteroatoms. The van der Waals surface area contributed by atoms with Gasteiger partial charge in [0.05, 0.1) is 7.11 Å². The third kappa shape index (κ3) is 4.77. The van der Waals surface area contributed by atoms with E-state index in [1.165, 1.54) is 13.5 Å². The SMILES string of the molecule is COC(=O)N1CCCCC1CCNC(=O)N1CCCCC1C(C)C. The van der Waals surface area contributed by atoms with Crippen LogP contribution in [0.15, 0.2) is 0 Å². The van der Waals surface area contributed by atoms with Crippen LogP contribution in [0.1, 0.15) is 58.8 Å². The zero-order valence-electron chi connectivity index (χ0n) is 15.4. The van der Waals surface area contributed by atoms with E-state index < -0.39 is 0 Å². The third-order valence-electron chi connectivity index (χ3n) is 5.37. The highest BCUT2D eigenvalue weighted by molar-refractivity contribution is 5.74. The number of rotatable bonds is 4. The number of urea groups is 1. The Labute approximate surface area is 145 Å². The molecule has 2 rings (SSSR count). The van der Waals surface area contributed by atoms with Crippen molar-refractivity contribution in [3.8, 4) is 0 Å². The molecule has 2 atom stereocenters. The Morgan fingerprint density at radius 3 is 2.42 bits per heavy atom. The summed E-state index contributed by atoms with van der Waals surface area (Å²) < 4.78 is 4.87. The molecule has 1 N–H and O–H groups in total. The third-order valence-corrected chi connectivity index (χ3v) is 5.37. The molecule has 0 saturated carbocycles.